The van der Waals surface area contributed by atoms with Gasteiger partial charge in [-0.1, -0.05) is 17.7 Å². The van der Waals surface area contributed by atoms with E-state index in [1.807, 2.05) is 31.2 Å². The van der Waals surface area contributed by atoms with E-state index in [1.165, 1.54) is 5.56 Å². The Balaban J connectivity index is 1.47. The van der Waals surface area contributed by atoms with Gasteiger partial charge in [0.15, 0.2) is 0 Å². The Hall–Kier alpha value is -1.88. The van der Waals surface area contributed by atoms with Gasteiger partial charge in [0, 0.05) is 18.3 Å². The zero-order valence-electron chi connectivity index (χ0n) is 13.7. The van der Waals surface area contributed by atoms with Gasteiger partial charge in [0.05, 0.1) is 12.5 Å². The summed E-state index contributed by atoms with van der Waals surface area (Å²) in [5.41, 5.74) is 1.99. The molecule has 3 rings (SSSR count). The first-order valence-corrected chi connectivity index (χ1v) is 8.49. The molecule has 1 saturated carbocycles. The SMILES string of the molecule is Cc1ccc(NC(=O)CN2CCCC(C(=O)NC3CC3)C2)cc1. The second-order valence-electron chi connectivity index (χ2n) is 6.77. The number of carbonyl (C=O) groups excluding carboxylic acids is 2. The number of rotatable bonds is 5. The third kappa shape index (κ3) is 4.79. The van der Waals surface area contributed by atoms with E-state index in [1.54, 1.807) is 0 Å². The molecular formula is C18H25N3O2. The molecule has 1 aliphatic carbocycles. The summed E-state index contributed by atoms with van der Waals surface area (Å²) in [5.74, 6) is 0.171. The highest BCUT2D eigenvalue weighted by Crippen LogP contribution is 2.22. The number of hydrogen-bond donors (Lipinski definition) is 2. The monoisotopic (exact) mass is 315 g/mol. The summed E-state index contributed by atoms with van der Waals surface area (Å²) in [6.45, 7) is 3.93. The lowest BCUT2D eigenvalue weighted by Crippen LogP contribution is -2.45. The van der Waals surface area contributed by atoms with Crippen molar-refractivity contribution in [2.45, 2.75) is 38.6 Å². The van der Waals surface area contributed by atoms with Crippen molar-refractivity contribution < 1.29 is 9.59 Å². The van der Waals surface area contributed by atoms with E-state index in [2.05, 4.69) is 15.5 Å². The van der Waals surface area contributed by atoms with Crippen LogP contribution in [0.5, 0.6) is 0 Å². The van der Waals surface area contributed by atoms with E-state index in [0.29, 0.717) is 19.1 Å². The molecule has 0 radical (unpaired) electrons. The summed E-state index contributed by atoms with van der Waals surface area (Å²) >= 11 is 0. The van der Waals surface area contributed by atoms with E-state index in [9.17, 15) is 9.59 Å². The molecule has 5 heteroatoms. The van der Waals surface area contributed by atoms with Crippen LogP contribution >= 0.6 is 0 Å². The van der Waals surface area contributed by atoms with Gasteiger partial charge in [0.1, 0.15) is 0 Å². The smallest absolute Gasteiger partial charge is 0.238 e. The van der Waals surface area contributed by atoms with Crippen molar-refractivity contribution in [3.05, 3.63) is 29.8 Å². The van der Waals surface area contributed by atoms with Crippen molar-refractivity contribution in [3.8, 4) is 0 Å². The van der Waals surface area contributed by atoms with Gasteiger partial charge in [-0.3, -0.25) is 14.5 Å². The Morgan fingerprint density at radius 2 is 1.91 bits per heavy atom. The van der Waals surface area contributed by atoms with E-state index >= 15 is 0 Å². The largest absolute Gasteiger partial charge is 0.353 e. The van der Waals surface area contributed by atoms with Crippen LogP contribution < -0.4 is 10.6 Å². The number of nitrogens with zero attached hydrogens (tertiary/aromatic N) is 1. The molecule has 0 bridgehead atoms. The fourth-order valence-electron chi connectivity index (χ4n) is 3.00. The van der Waals surface area contributed by atoms with Gasteiger partial charge in [0.2, 0.25) is 11.8 Å². The van der Waals surface area contributed by atoms with Gasteiger partial charge in [-0.15, -0.1) is 0 Å². The quantitative estimate of drug-likeness (QED) is 0.873. The maximum absolute atomic E-state index is 12.2. The second kappa shape index (κ2) is 7.13. The number of anilines is 1. The average molecular weight is 315 g/mol. The van der Waals surface area contributed by atoms with Gasteiger partial charge in [-0.25, -0.2) is 0 Å². The summed E-state index contributed by atoms with van der Waals surface area (Å²) in [5, 5.41) is 6.00. The molecule has 0 spiro atoms. The van der Waals surface area contributed by atoms with Gasteiger partial charge in [0.25, 0.3) is 0 Å². The van der Waals surface area contributed by atoms with E-state index < -0.39 is 0 Å². The van der Waals surface area contributed by atoms with Crippen molar-refractivity contribution in [2.24, 2.45) is 5.92 Å². The van der Waals surface area contributed by atoms with Crippen LogP contribution in [-0.4, -0.2) is 42.4 Å². The lowest BCUT2D eigenvalue weighted by atomic mass is 9.97. The maximum Gasteiger partial charge on any atom is 0.238 e. The molecule has 1 atom stereocenters. The van der Waals surface area contributed by atoms with Crippen molar-refractivity contribution in [1.29, 1.82) is 0 Å². The zero-order chi connectivity index (χ0) is 16.2. The highest BCUT2D eigenvalue weighted by Gasteiger charge is 2.30. The third-order valence-corrected chi connectivity index (χ3v) is 4.50. The van der Waals surface area contributed by atoms with E-state index in [-0.39, 0.29) is 17.7 Å². The fourth-order valence-corrected chi connectivity index (χ4v) is 3.00. The minimum Gasteiger partial charge on any atom is -0.353 e. The number of likely N-dealkylation sites (tertiary alicyclic amines) is 1. The Morgan fingerprint density at radius 1 is 1.17 bits per heavy atom. The number of benzene rings is 1. The van der Waals surface area contributed by atoms with Crippen molar-refractivity contribution >= 4 is 17.5 Å². The molecule has 1 heterocycles. The molecular weight excluding hydrogens is 290 g/mol. The fraction of sp³-hybridized carbons (Fsp3) is 0.556. The predicted octanol–water partition coefficient (Wildman–Crippen LogP) is 1.92. The summed E-state index contributed by atoms with van der Waals surface area (Å²) in [7, 11) is 0. The topological polar surface area (TPSA) is 61.4 Å². The second-order valence-corrected chi connectivity index (χ2v) is 6.77. The van der Waals surface area contributed by atoms with Crippen LogP contribution in [0.2, 0.25) is 0 Å². The van der Waals surface area contributed by atoms with Crippen LogP contribution in [0.25, 0.3) is 0 Å². The molecule has 1 saturated heterocycles. The van der Waals surface area contributed by atoms with Crippen LogP contribution in [0.15, 0.2) is 24.3 Å². The highest BCUT2D eigenvalue weighted by molar-refractivity contribution is 5.92. The molecule has 1 aliphatic heterocycles. The first-order valence-electron chi connectivity index (χ1n) is 8.49. The van der Waals surface area contributed by atoms with Crippen molar-refractivity contribution in [3.63, 3.8) is 0 Å². The normalized spacial score (nSPS) is 21.7. The highest BCUT2D eigenvalue weighted by atomic mass is 16.2. The first kappa shape index (κ1) is 16.0. The van der Waals surface area contributed by atoms with Crippen LogP contribution in [0.3, 0.4) is 0 Å². The molecule has 2 fully saturated rings. The molecule has 23 heavy (non-hydrogen) atoms. The van der Waals surface area contributed by atoms with Crippen molar-refractivity contribution in [2.75, 3.05) is 25.0 Å². The zero-order valence-corrected chi connectivity index (χ0v) is 13.7. The van der Waals surface area contributed by atoms with Crippen LogP contribution in [0, 0.1) is 12.8 Å². The summed E-state index contributed by atoms with van der Waals surface area (Å²) in [6, 6.07) is 8.19. The Bertz CT molecular complexity index is 566. The molecule has 2 aliphatic rings. The van der Waals surface area contributed by atoms with Gasteiger partial charge in [-0.05, 0) is 51.3 Å². The molecule has 5 nitrogen and oxygen atoms in total. The van der Waals surface area contributed by atoms with E-state index in [4.69, 9.17) is 0 Å². The Labute approximate surface area is 137 Å². The summed E-state index contributed by atoms with van der Waals surface area (Å²) in [6.07, 6.45) is 4.12. The van der Waals surface area contributed by atoms with Gasteiger partial charge in [-0.2, -0.15) is 0 Å². The maximum atomic E-state index is 12.2. The lowest BCUT2D eigenvalue weighted by molar-refractivity contribution is -0.128. The number of aryl methyl sites for hydroxylation is 1. The van der Waals surface area contributed by atoms with Crippen LogP contribution in [-0.2, 0) is 9.59 Å². The van der Waals surface area contributed by atoms with E-state index in [0.717, 1.165) is 37.9 Å². The van der Waals surface area contributed by atoms with Crippen molar-refractivity contribution in [1.82, 2.24) is 10.2 Å². The number of amides is 2. The van der Waals surface area contributed by atoms with Crippen LogP contribution in [0.1, 0.15) is 31.2 Å². The Kier molecular flexibility index (Phi) is 4.96. The third-order valence-electron chi connectivity index (χ3n) is 4.50. The standard InChI is InChI=1S/C18H25N3O2/c1-13-4-6-15(7-5-13)19-17(22)12-21-10-2-3-14(11-21)18(23)20-16-8-9-16/h4-7,14,16H,2-3,8-12H2,1H3,(H,19,22)(H,20,23). The van der Waals surface area contributed by atoms with Crippen LogP contribution in [0.4, 0.5) is 5.69 Å². The Morgan fingerprint density at radius 3 is 2.61 bits per heavy atom. The minimum absolute atomic E-state index is 0.0166. The number of carbonyl (C=O) groups is 2. The molecule has 1 aromatic rings. The number of hydrogen-bond acceptors (Lipinski definition) is 3. The summed E-state index contributed by atoms with van der Waals surface area (Å²) < 4.78 is 0. The number of piperidine rings is 1. The molecule has 124 valence electrons. The first-order chi connectivity index (χ1) is 11.1. The average Bonchev–Trinajstić information content (AvgIpc) is 3.34. The number of nitrogens with one attached hydrogen (secondary N) is 2. The molecule has 1 unspecified atom stereocenters. The molecule has 2 amide bonds. The molecule has 0 aromatic heterocycles. The summed E-state index contributed by atoms with van der Waals surface area (Å²) in [4.78, 5) is 26.4. The predicted molar refractivity (Wildman–Crippen MR) is 90.1 cm³/mol. The van der Waals surface area contributed by atoms with Gasteiger partial charge >= 0.3 is 0 Å². The molecule has 2 N–H and O–H groups in total. The minimum atomic E-state index is -0.0166. The lowest BCUT2D eigenvalue weighted by Gasteiger charge is -2.31. The van der Waals surface area contributed by atoms with Gasteiger partial charge < -0.3 is 10.6 Å². The molecule has 1 aromatic carbocycles.